The summed E-state index contributed by atoms with van der Waals surface area (Å²) in [6.45, 7) is 2.93. The number of hydrogen-bond acceptors (Lipinski definition) is 4. The Morgan fingerprint density at radius 3 is 2.60 bits per heavy atom. The maximum Gasteiger partial charge on any atom is 0.167 e. The normalized spacial score (nSPS) is 11.0. The van der Waals surface area contributed by atoms with E-state index < -0.39 is 0 Å². The molecule has 2 aromatic rings. The number of nitrogens with zero attached hydrogens (tertiary/aromatic N) is 1. The van der Waals surface area contributed by atoms with Gasteiger partial charge in [0.25, 0.3) is 0 Å². The molecule has 0 atom stereocenters. The van der Waals surface area contributed by atoms with Crippen LogP contribution in [-0.4, -0.2) is 39.2 Å². The Balaban J connectivity index is 2.16. The van der Waals surface area contributed by atoms with E-state index >= 15 is 0 Å². The van der Waals surface area contributed by atoms with Gasteiger partial charge in [-0.1, -0.05) is 45.7 Å². The molecule has 0 aliphatic carbocycles. The van der Waals surface area contributed by atoms with Crippen molar-refractivity contribution >= 4 is 27.5 Å². The van der Waals surface area contributed by atoms with Crippen molar-refractivity contribution in [1.82, 2.24) is 10.2 Å². The van der Waals surface area contributed by atoms with E-state index in [-0.39, 0.29) is 0 Å². The van der Waals surface area contributed by atoms with E-state index in [1.165, 1.54) is 0 Å². The second-order valence-electron chi connectivity index (χ2n) is 5.92. The van der Waals surface area contributed by atoms with Crippen LogP contribution < -0.4 is 14.8 Å². The highest BCUT2D eigenvalue weighted by atomic mass is 79.9. The second kappa shape index (κ2) is 10.0. The third-order valence-electron chi connectivity index (χ3n) is 3.75. The SMILES string of the molecule is COc1ccc(Br)c(CNCCN(C)C)c1OCc1ccccc1Cl. The number of benzene rings is 2. The van der Waals surface area contributed by atoms with E-state index in [0.717, 1.165) is 34.4 Å². The fraction of sp³-hybridized carbons (Fsp3) is 0.368. The number of ether oxygens (including phenoxy) is 2. The molecule has 25 heavy (non-hydrogen) atoms. The summed E-state index contributed by atoms with van der Waals surface area (Å²) in [5.74, 6) is 1.44. The number of methoxy groups -OCH3 is 1. The lowest BCUT2D eigenvalue weighted by Gasteiger charge is -2.18. The molecule has 0 aliphatic heterocycles. The molecule has 6 heteroatoms. The van der Waals surface area contributed by atoms with E-state index in [9.17, 15) is 0 Å². The van der Waals surface area contributed by atoms with Crippen molar-refractivity contribution < 1.29 is 9.47 Å². The predicted octanol–water partition coefficient (Wildman–Crippen LogP) is 4.34. The van der Waals surface area contributed by atoms with Crippen LogP contribution in [0.1, 0.15) is 11.1 Å². The summed E-state index contributed by atoms with van der Waals surface area (Å²) < 4.78 is 12.6. The third-order valence-corrected chi connectivity index (χ3v) is 4.87. The number of nitrogens with one attached hydrogen (secondary N) is 1. The first-order chi connectivity index (χ1) is 12.0. The number of rotatable bonds is 9. The van der Waals surface area contributed by atoms with Gasteiger partial charge in [-0.2, -0.15) is 0 Å². The van der Waals surface area contributed by atoms with Crippen LogP contribution in [-0.2, 0) is 13.2 Å². The lowest BCUT2D eigenvalue weighted by Crippen LogP contribution is -2.26. The summed E-state index contributed by atoms with van der Waals surface area (Å²) in [6, 6.07) is 11.6. The molecule has 0 bridgehead atoms. The fourth-order valence-corrected chi connectivity index (χ4v) is 2.99. The highest BCUT2D eigenvalue weighted by Gasteiger charge is 2.15. The summed E-state index contributed by atoms with van der Waals surface area (Å²) in [5.41, 5.74) is 1.97. The molecule has 0 heterocycles. The van der Waals surface area contributed by atoms with Crippen molar-refractivity contribution in [2.24, 2.45) is 0 Å². The van der Waals surface area contributed by atoms with Gasteiger partial charge < -0.3 is 19.7 Å². The molecule has 2 rings (SSSR count). The van der Waals surface area contributed by atoms with E-state index in [1.807, 2.05) is 36.4 Å². The van der Waals surface area contributed by atoms with Gasteiger partial charge in [0.2, 0.25) is 0 Å². The Bertz CT molecular complexity index is 695. The van der Waals surface area contributed by atoms with Gasteiger partial charge in [-0.25, -0.2) is 0 Å². The zero-order chi connectivity index (χ0) is 18.2. The molecule has 0 spiro atoms. The van der Waals surface area contributed by atoms with E-state index in [0.29, 0.717) is 23.9 Å². The lowest BCUT2D eigenvalue weighted by atomic mass is 10.1. The fourth-order valence-electron chi connectivity index (χ4n) is 2.35. The Kier molecular flexibility index (Phi) is 8.03. The Hall–Kier alpha value is -1.27. The van der Waals surface area contributed by atoms with Crippen LogP contribution in [0.25, 0.3) is 0 Å². The molecular formula is C19H24BrClN2O2. The molecular weight excluding hydrogens is 404 g/mol. The summed E-state index contributed by atoms with van der Waals surface area (Å²) >= 11 is 9.85. The molecule has 0 amide bonds. The molecule has 0 saturated carbocycles. The predicted molar refractivity (Wildman–Crippen MR) is 107 cm³/mol. The molecule has 1 N–H and O–H groups in total. The molecule has 0 unspecified atom stereocenters. The quantitative estimate of drug-likeness (QED) is 0.604. The highest BCUT2D eigenvalue weighted by Crippen LogP contribution is 2.37. The second-order valence-corrected chi connectivity index (χ2v) is 7.18. The topological polar surface area (TPSA) is 33.7 Å². The van der Waals surface area contributed by atoms with Crippen LogP contribution in [0.2, 0.25) is 5.02 Å². The summed E-state index contributed by atoms with van der Waals surface area (Å²) in [7, 11) is 5.76. The minimum Gasteiger partial charge on any atom is -0.493 e. The van der Waals surface area contributed by atoms with Crippen LogP contribution in [0.5, 0.6) is 11.5 Å². The lowest BCUT2D eigenvalue weighted by molar-refractivity contribution is 0.280. The van der Waals surface area contributed by atoms with E-state index in [1.54, 1.807) is 7.11 Å². The van der Waals surface area contributed by atoms with Crippen LogP contribution in [0.15, 0.2) is 40.9 Å². The van der Waals surface area contributed by atoms with Crippen molar-refractivity contribution in [3.63, 3.8) is 0 Å². The van der Waals surface area contributed by atoms with Crippen LogP contribution in [0.4, 0.5) is 0 Å². The molecule has 0 aromatic heterocycles. The number of likely N-dealkylation sites (N-methyl/N-ethyl adjacent to an activating group) is 1. The molecule has 0 radical (unpaired) electrons. The summed E-state index contributed by atoms with van der Waals surface area (Å²) in [6.07, 6.45) is 0. The average Bonchev–Trinajstić information content (AvgIpc) is 2.59. The molecule has 0 saturated heterocycles. The third kappa shape index (κ3) is 5.89. The van der Waals surface area contributed by atoms with Crippen molar-refractivity contribution in [1.29, 1.82) is 0 Å². The van der Waals surface area contributed by atoms with Crippen LogP contribution in [0.3, 0.4) is 0 Å². The van der Waals surface area contributed by atoms with Crippen molar-refractivity contribution in [3.8, 4) is 11.5 Å². The minimum atomic E-state index is 0.386. The molecule has 4 nitrogen and oxygen atoms in total. The van der Waals surface area contributed by atoms with Gasteiger partial charge in [-0.05, 0) is 32.3 Å². The molecule has 0 fully saturated rings. The van der Waals surface area contributed by atoms with Crippen molar-refractivity contribution in [2.45, 2.75) is 13.2 Å². The molecule has 2 aromatic carbocycles. The summed E-state index contributed by atoms with van der Waals surface area (Å²) in [4.78, 5) is 2.14. The molecule has 0 aliphatic rings. The Morgan fingerprint density at radius 1 is 1.16 bits per heavy atom. The maximum absolute atomic E-state index is 6.23. The van der Waals surface area contributed by atoms with Gasteiger partial charge in [0, 0.05) is 40.3 Å². The Morgan fingerprint density at radius 2 is 1.92 bits per heavy atom. The first-order valence-electron chi connectivity index (χ1n) is 8.10. The first-order valence-corrected chi connectivity index (χ1v) is 9.27. The maximum atomic E-state index is 6.23. The first kappa shape index (κ1) is 20.0. The van der Waals surface area contributed by atoms with Crippen molar-refractivity contribution in [2.75, 3.05) is 34.3 Å². The van der Waals surface area contributed by atoms with E-state index in [4.69, 9.17) is 21.1 Å². The zero-order valence-electron chi connectivity index (χ0n) is 14.8. The number of halogens is 2. The highest BCUT2D eigenvalue weighted by molar-refractivity contribution is 9.10. The van der Waals surface area contributed by atoms with Crippen molar-refractivity contribution in [3.05, 3.63) is 57.0 Å². The average molecular weight is 428 g/mol. The standard InChI is InChI=1S/C19H24BrClN2O2/c1-23(2)11-10-22-12-15-16(20)8-9-18(24-3)19(15)25-13-14-6-4-5-7-17(14)21/h4-9,22H,10-13H2,1-3H3. The summed E-state index contributed by atoms with van der Waals surface area (Å²) in [5, 5.41) is 4.14. The molecule has 136 valence electrons. The number of hydrogen-bond donors (Lipinski definition) is 1. The monoisotopic (exact) mass is 426 g/mol. The van der Waals surface area contributed by atoms with Gasteiger partial charge in [-0.3, -0.25) is 0 Å². The van der Waals surface area contributed by atoms with Gasteiger partial charge in [-0.15, -0.1) is 0 Å². The minimum absolute atomic E-state index is 0.386. The van der Waals surface area contributed by atoms with Gasteiger partial charge in [0.1, 0.15) is 6.61 Å². The zero-order valence-corrected chi connectivity index (χ0v) is 17.2. The van der Waals surface area contributed by atoms with E-state index in [2.05, 4.69) is 40.2 Å². The largest absolute Gasteiger partial charge is 0.493 e. The van der Waals surface area contributed by atoms with Crippen LogP contribution in [0, 0.1) is 0 Å². The van der Waals surface area contributed by atoms with Gasteiger partial charge in [0.05, 0.1) is 7.11 Å². The smallest absolute Gasteiger partial charge is 0.167 e. The Labute approximate surface area is 163 Å². The van der Waals surface area contributed by atoms with Gasteiger partial charge in [0.15, 0.2) is 11.5 Å². The van der Waals surface area contributed by atoms with Gasteiger partial charge >= 0.3 is 0 Å². The van der Waals surface area contributed by atoms with Crippen LogP contribution >= 0.6 is 27.5 Å².